The molecule has 0 fully saturated rings. The van der Waals surface area contributed by atoms with E-state index in [0.29, 0.717) is 23.1 Å². The molecule has 0 bridgehead atoms. The van der Waals surface area contributed by atoms with Gasteiger partial charge >= 0.3 is 0 Å². The number of rotatable bonds is 8. The summed E-state index contributed by atoms with van der Waals surface area (Å²) in [7, 11) is 0. The third-order valence-electron chi connectivity index (χ3n) is 3.91. The first kappa shape index (κ1) is 21.8. The first-order valence-corrected chi connectivity index (χ1v) is 10.8. The molecule has 3 rings (SSSR count). The Kier molecular flexibility index (Phi) is 7.42. The van der Waals surface area contributed by atoms with Crippen LogP contribution in [0.1, 0.15) is 12.5 Å². The number of amides is 1. The number of nitrogens with one attached hydrogen (secondary N) is 1. The molecule has 1 heterocycles. The molecule has 7 nitrogen and oxygen atoms in total. The average Bonchev–Trinajstić information content (AvgIpc) is 3.10. The fourth-order valence-corrected chi connectivity index (χ4v) is 3.55. The maximum atomic E-state index is 12.2. The van der Waals surface area contributed by atoms with Crippen LogP contribution in [0.25, 0.3) is 11.4 Å². The summed E-state index contributed by atoms with van der Waals surface area (Å²) in [5.41, 5.74) is 4.85. The van der Waals surface area contributed by atoms with E-state index in [4.69, 9.17) is 0 Å². The second-order valence-electron chi connectivity index (χ2n) is 6.50. The molecule has 1 aromatic heterocycles. The molecule has 0 saturated heterocycles. The van der Waals surface area contributed by atoms with Crippen LogP contribution in [0.5, 0.6) is 5.75 Å². The molecule has 0 radical (unpaired) electrons. The average molecular weight is 486 g/mol. The number of carbonyl (C=O) groups is 1. The van der Waals surface area contributed by atoms with E-state index in [1.54, 1.807) is 24.3 Å². The van der Waals surface area contributed by atoms with Gasteiger partial charge in [-0.1, -0.05) is 64.1 Å². The number of phenols is 1. The van der Waals surface area contributed by atoms with Gasteiger partial charge in [-0.25, -0.2) is 5.43 Å². The van der Waals surface area contributed by atoms with Crippen molar-refractivity contribution in [1.82, 2.24) is 20.2 Å². The van der Waals surface area contributed by atoms with Crippen molar-refractivity contribution in [3.63, 3.8) is 0 Å². The molecule has 1 amide bonds. The van der Waals surface area contributed by atoms with Crippen LogP contribution in [0, 0.1) is 0 Å². The van der Waals surface area contributed by atoms with Gasteiger partial charge in [0.15, 0.2) is 11.0 Å². The van der Waals surface area contributed by atoms with Gasteiger partial charge in [-0.15, -0.1) is 10.2 Å². The molecule has 0 atom stereocenters. The Balaban J connectivity index is 1.67. The van der Waals surface area contributed by atoms with Gasteiger partial charge in [0.25, 0.3) is 5.91 Å². The van der Waals surface area contributed by atoms with Crippen LogP contribution in [0.15, 0.2) is 75.4 Å². The number of phenolic OH excluding ortho intramolecular Hbond substituents is 1. The van der Waals surface area contributed by atoms with Gasteiger partial charge < -0.3 is 5.11 Å². The third kappa shape index (κ3) is 5.80. The molecular formula is C21H20BrN5O2S. The van der Waals surface area contributed by atoms with E-state index in [0.717, 1.165) is 15.6 Å². The predicted molar refractivity (Wildman–Crippen MR) is 123 cm³/mol. The lowest BCUT2D eigenvalue weighted by atomic mass is 10.2. The van der Waals surface area contributed by atoms with Gasteiger partial charge in [0.1, 0.15) is 5.75 Å². The lowest BCUT2D eigenvalue weighted by molar-refractivity contribution is -0.118. The number of hydrogen-bond acceptors (Lipinski definition) is 6. The summed E-state index contributed by atoms with van der Waals surface area (Å²) in [4.78, 5) is 12.2. The van der Waals surface area contributed by atoms with Crippen molar-refractivity contribution in [3.8, 4) is 17.1 Å². The Morgan fingerprint density at radius 3 is 2.70 bits per heavy atom. The highest BCUT2D eigenvalue weighted by Crippen LogP contribution is 2.26. The fraction of sp³-hybridized carbons (Fsp3) is 0.143. The van der Waals surface area contributed by atoms with Crippen LogP contribution in [0.2, 0.25) is 0 Å². The second kappa shape index (κ2) is 10.2. The Labute approximate surface area is 187 Å². The Bertz CT molecular complexity index is 1080. The molecular weight excluding hydrogens is 466 g/mol. The number of carbonyl (C=O) groups excluding carboxylic acids is 1. The van der Waals surface area contributed by atoms with Crippen molar-refractivity contribution in [1.29, 1.82) is 0 Å². The summed E-state index contributed by atoms with van der Waals surface area (Å²) < 4.78 is 2.92. The van der Waals surface area contributed by atoms with Crippen molar-refractivity contribution in [2.24, 2.45) is 5.10 Å². The number of hydrogen-bond donors (Lipinski definition) is 2. The minimum Gasteiger partial charge on any atom is -0.507 e. The molecule has 30 heavy (non-hydrogen) atoms. The summed E-state index contributed by atoms with van der Waals surface area (Å²) in [5.74, 6) is 0.637. The van der Waals surface area contributed by atoms with Crippen molar-refractivity contribution < 1.29 is 9.90 Å². The zero-order valence-corrected chi connectivity index (χ0v) is 18.7. The normalized spacial score (nSPS) is 11.0. The molecule has 154 valence electrons. The van der Waals surface area contributed by atoms with Gasteiger partial charge in [0.2, 0.25) is 0 Å². The zero-order valence-electron chi connectivity index (χ0n) is 16.2. The van der Waals surface area contributed by atoms with Crippen molar-refractivity contribution >= 4 is 39.8 Å². The molecule has 2 aromatic carbocycles. The Morgan fingerprint density at radius 1 is 1.27 bits per heavy atom. The summed E-state index contributed by atoms with van der Waals surface area (Å²) in [6.07, 6.45) is 1.40. The predicted octanol–water partition coefficient (Wildman–Crippen LogP) is 4.23. The van der Waals surface area contributed by atoms with Gasteiger partial charge in [-0.3, -0.25) is 9.36 Å². The van der Waals surface area contributed by atoms with Crippen molar-refractivity contribution in [3.05, 3.63) is 70.7 Å². The van der Waals surface area contributed by atoms with Crippen LogP contribution >= 0.6 is 27.7 Å². The summed E-state index contributed by atoms with van der Waals surface area (Å²) in [6, 6.07) is 14.5. The Morgan fingerprint density at radius 2 is 2.00 bits per heavy atom. The van der Waals surface area contributed by atoms with Crippen molar-refractivity contribution in [2.45, 2.75) is 18.6 Å². The standard InChI is InChI=1S/C21H20BrN5O2S/c1-14(2)12-27-20(15-7-9-17(22)10-8-15)25-26-21(27)30-13-19(29)24-23-11-16-5-3-4-6-18(16)28/h3-11,28H,1,12-13H2,2H3,(H,24,29)/b23-11+. The number of thioether (sulfide) groups is 1. The molecule has 0 unspecified atom stereocenters. The number of benzene rings is 2. The van der Waals surface area contributed by atoms with Crippen LogP contribution in [-0.2, 0) is 11.3 Å². The van der Waals surface area contributed by atoms with Gasteiger partial charge in [-0.05, 0) is 31.2 Å². The van der Waals surface area contributed by atoms with Crippen LogP contribution in [-0.4, -0.2) is 37.7 Å². The van der Waals surface area contributed by atoms with Crippen molar-refractivity contribution in [2.75, 3.05) is 5.75 Å². The fourth-order valence-electron chi connectivity index (χ4n) is 2.55. The van der Waals surface area contributed by atoms with Gasteiger partial charge in [0.05, 0.1) is 12.0 Å². The highest BCUT2D eigenvalue weighted by molar-refractivity contribution is 9.10. The van der Waals surface area contributed by atoms with E-state index >= 15 is 0 Å². The van der Waals surface area contributed by atoms with E-state index in [1.807, 2.05) is 35.8 Å². The number of aromatic hydroxyl groups is 1. The second-order valence-corrected chi connectivity index (χ2v) is 8.36. The molecule has 0 aliphatic heterocycles. The molecule has 0 spiro atoms. The first-order chi connectivity index (χ1) is 14.4. The smallest absolute Gasteiger partial charge is 0.250 e. The lowest BCUT2D eigenvalue weighted by Gasteiger charge is -2.10. The lowest BCUT2D eigenvalue weighted by Crippen LogP contribution is -2.20. The number of nitrogens with zero attached hydrogens (tertiary/aromatic N) is 4. The SMILES string of the molecule is C=C(C)Cn1c(SCC(=O)N/N=C/c2ccccc2O)nnc1-c1ccc(Br)cc1. The van der Waals surface area contributed by atoms with Crippen LogP contribution in [0.4, 0.5) is 0 Å². The highest BCUT2D eigenvalue weighted by atomic mass is 79.9. The van der Waals surface area contributed by atoms with Crippen LogP contribution in [0.3, 0.4) is 0 Å². The monoisotopic (exact) mass is 485 g/mol. The van der Waals surface area contributed by atoms with E-state index < -0.39 is 0 Å². The number of aromatic nitrogens is 3. The maximum Gasteiger partial charge on any atom is 0.250 e. The minimum atomic E-state index is -0.290. The molecule has 0 aliphatic rings. The number of allylic oxidation sites excluding steroid dienone is 1. The molecule has 9 heteroatoms. The highest BCUT2D eigenvalue weighted by Gasteiger charge is 2.15. The van der Waals surface area contributed by atoms with E-state index in [2.05, 4.69) is 43.2 Å². The minimum absolute atomic E-state index is 0.0956. The topological polar surface area (TPSA) is 92.4 Å². The largest absolute Gasteiger partial charge is 0.507 e. The third-order valence-corrected chi connectivity index (χ3v) is 5.40. The maximum absolute atomic E-state index is 12.2. The molecule has 3 aromatic rings. The summed E-state index contributed by atoms with van der Waals surface area (Å²) >= 11 is 4.70. The van der Waals surface area contributed by atoms with Gasteiger partial charge in [0, 0.05) is 22.1 Å². The van der Waals surface area contributed by atoms with E-state index in [1.165, 1.54) is 18.0 Å². The van der Waals surface area contributed by atoms with E-state index in [9.17, 15) is 9.90 Å². The summed E-state index contributed by atoms with van der Waals surface area (Å²) in [6.45, 7) is 6.46. The van der Waals surface area contributed by atoms with Gasteiger partial charge in [-0.2, -0.15) is 5.10 Å². The number of para-hydroxylation sites is 1. The summed E-state index contributed by atoms with van der Waals surface area (Å²) in [5, 5.41) is 22.8. The Hall–Kier alpha value is -2.91. The van der Waals surface area contributed by atoms with Crippen LogP contribution < -0.4 is 5.43 Å². The number of halogens is 1. The quantitative estimate of drug-likeness (QED) is 0.215. The molecule has 0 saturated carbocycles. The first-order valence-electron chi connectivity index (χ1n) is 9.00. The molecule has 2 N–H and O–H groups in total. The molecule has 0 aliphatic carbocycles. The van der Waals surface area contributed by atoms with E-state index in [-0.39, 0.29) is 17.4 Å². The zero-order chi connectivity index (χ0) is 21.5. The number of hydrazone groups is 1.